The molecule has 5 rings (SSSR count). The number of hydrogen-bond acceptors (Lipinski definition) is 6. The number of nitrogens with one attached hydrogen (secondary N) is 3. The maximum Gasteiger partial charge on any atom is 0.258 e. The van der Waals surface area contributed by atoms with Crippen LogP contribution >= 0.6 is 0 Å². The molecule has 2 aromatic heterocycles. The van der Waals surface area contributed by atoms with Crippen molar-refractivity contribution in [3.05, 3.63) is 99.9 Å². The van der Waals surface area contributed by atoms with Crippen LogP contribution in [0, 0.1) is 5.92 Å². The molecule has 1 fully saturated rings. The fourth-order valence-electron chi connectivity index (χ4n) is 4.72. The second-order valence-electron chi connectivity index (χ2n) is 9.50. The van der Waals surface area contributed by atoms with Crippen LogP contribution in [0.3, 0.4) is 0 Å². The summed E-state index contributed by atoms with van der Waals surface area (Å²) in [6.45, 7) is 5.57. The number of pyridine rings is 1. The molecular formula is C29H33N5O2. The molecule has 0 spiro atoms. The van der Waals surface area contributed by atoms with E-state index in [0.717, 1.165) is 37.5 Å². The average molecular weight is 484 g/mol. The number of benzene rings is 2. The Morgan fingerprint density at radius 1 is 1.03 bits per heavy atom. The van der Waals surface area contributed by atoms with Crippen LogP contribution in [-0.2, 0) is 13.0 Å². The van der Waals surface area contributed by atoms with Gasteiger partial charge in [-0.3, -0.25) is 9.78 Å². The van der Waals surface area contributed by atoms with E-state index in [4.69, 9.17) is 9.72 Å². The second kappa shape index (κ2) is 11.5. The Hall–Kier alpha value is -3.55. The van der Waals surface area contributed by atoms with Gasteiger partial charge < -0.3 is 20.4 Å². The number of H-pyrrole nitrogens is 1. The lowest BCUT2D eigenvalue weighted by Gasteiger charge is -2.22. The Labute approximate surface area is 211 Å². The summed E-state index contributed by atoms with van der Waals surface area (Å²) >= 11 is 0. The predicted octanol–water partition coefficient (Wildman–Crippen LogP) is 4.14. The Morgan fingerprint density at radius 2 is 1.78 bits per heavy atom. The Bertz CT molecular complexity index is 1330. The van der Waals surface area contributed by atoms with Gasteiger partial charge in [-0.1, -0.05) is 42.5 Å². The van der Waals surface area contributed by atoms with Gasteiger partial charge in [0.2, 0.25) is 0 Å². The van der Waals surface area contributed by atoms with Crippen molar-refractivity contribution in [1.29, 1.82) is 0 Å². The van der Waals surface area contributed by atoms with Gasteiger partial charge in [-0.15, -0.1) is 0 Å². The lowest BCUT2D eigenvalue weighted by atomic mass is 9.98. The molecular weight excluding hydrogens is 450 g/mol. The fourth-order valence-corrected chi connectivity index (χ4v) is 4.72. The van der Waals surface area contributed by atoms with Crippen molar-refractivity contribution in [3.63, 3.8) is 0 Å². The standard InChI is InChI=1S/C29H33N5O2/c1-20(36-24-9-7-22(8-10-24)17-21-5-3-2-4-6-21)28-33-27-25(29(35)34-28)13-16-32-26(27)19-31-18-23-11-14-30-15-12-23/h2-10,13,16,20,23,30-31H,11-12,14-15,17-19H2,1H3,(H,33,34,35). The van der Waals surface area contributed by atoms with E-state index in [9.17, 15) is 4.79 Å². The van der Waals surface area contributed by atoms with Crippen molar-refractivity contribution >= 4 is 10.9 Å². The van der Waals surface area contributed by atoms with Gasteiger partial charge in [0, 0.05) is 12.7 Å². The second-order valence-corrected chi connectivity index (χ2v) is 9.50. The number of fused-ring (bicyclic) bond motifs is 1. The van der Waals surface area contributed by atoms with Gasteiger partial charge in [-0.2, -0.15) is 0 Å². The molecule has 1 unspecified atom stereocenters. The van der Waals surface area contributed by atoms with Gasteiger partial charge in [-0.05, 0) is 81.1 Å². The summed E-state index contributed by atoms with van der Waals surface area (Å²) in [5.41, 5.74) is 3.72. The van der Waals surface area contributed by atoms with E-state index in [0.29, 0.717) is 29.2 Å². The number of piperidine rings is 1. The highest BCUT2D eigenvalue weighted by atomic mass is 16.5. The molecule has 1 aliphatic heterocycles. The van der Waals surface area contributed by atoms with Crippen LogP contribution in [0.5, 0.6) is 5.75 Å². The van der Waals surface area contributed by atoms with Crippen LogP contribution in [0.1, 0.15) is 48.5 Å². The summed E-state index contributed by atoms with van der Waals surface area (Å²) in [6.07, 6.45) is 4.49. The molecule has 1 aliphatic rings. The van der Waals surface area contributed by atoms with Crippen molar-refractivity contribution in [3.8, 4) is 5.75 Å². The van der Waals surface area contributed by atoms with Gasteiger partial charge in [0.1, 0.15) is 11.3 Å². The van der Waals surface area contributed by atoms with Gasteiger partial charge in [-0.25, -0.2) is 4.98 Å². The summed E-state index contributed by atoms with van der Waals surface area (Å²) in [5, 5.41) is 7.47. The van der Waals surface area contributed by atoms with Crippen molar-refractivity contribution < 1.29 is 4.74 Å². The minimum atomic E-state index is -0.419. The van der Waals surface area contributed by atoms with Crippen LogP contribution < -0.4 is 20.9 Å². The third kappa shape index (κ3) is 5.98. The Kier molecular flexibility index (Phi) is 7.69. The smallest absolute Gasteiger partial charge is 0.258 e. The van der Waals surface area contributed by atoms with E-state index in [1.54, 1.807) is 12.3 Å². The molecule has 0 bridgehead atoms. The molecule has 7 heteroatoms. The molecule has 0 aliphatic carbocycles. The molecule has 2 aromatic carbocycles. The first-order valence-electron chi connectivity index (χ1n) is 12.7. The minimum absolute atomic E-state index is 0.175. The molecule has 4 aromatic rings. The number of aromatic nitrogens is 3. The Morgan fingerprint density at radius 3 is 2.56 bits per heavy atom. The third-order valence-electron chi connectivity index (χ3n) is 6.78. The van der Waals surface area contributed by atoms with Gasteiger partial charge in [0.25, 0.3) is 5.56 Å². The first-order valence-corrected chi connectivity index (χ1v) is 12.7. The van der Waals surface area contributed by atoms with Gasteiger partial charge in [0.15, 0.2) is 11.9 Å². The van der Waals surface area contributed by atoms with Crippen molar-refractivity contribution in [2.24, 2.45) is 5.92 Å². The predicted molar refractivity (Wildman–Crippen MR) is 142 cm³/mol. The van der Waals surface area contributed by atoms with E-state index in [1.165, 1.54) is 24.0 Å². The van der Waals surface area contributed by atoms with Gasteiger partial charge in [0.05, 0.1) is 11.1 Å². The van der Waals surface area contributed by atoms with Crippen LogP contribution in [0.15, 0.2) is 71.7 Å². The number of nitrogens with zero attached hydrogens (tertiary/aromatic N) is 2. The van der Waals surface area contributed by atoms with Crippen LogP contribution in [0.4, 0.5) is 0 Å². The minimum Gasteiger partial charge on any atom is -0.483 e. The highest BCUT2D eigenvalue weighted by Gasteiger charge is 2.16. The molecule has 186 valence electrons. The number of hydrogen-bond donors (Lipinski definition) is 3. The Balaban J connectivity index is 1.27. The molecule has 3 heterocycles. The summed E-state index contributed by atoms with van der Waals surface area (Å²) in [7, 11) is 0. The van der Waals surface area contributed by atoms with Crippen molar-refractivity contribution in [2.75, 3.05) is 19.6 Å². The zero-order chi connectivity index (χ0) is 24.7. The van der Waals surface area contributed by atoms with Crippen LogP contribution in [0.25, 0.3) is 10.9 Å². The molecule has 0 radical (unpaired) electrons. The quantitative estimate of drug-likeness (QED) is 0.331. The van der Waals surface area contributed by atoms with E-state index in [1.807, 2.05) is 25.1 Å². The van der Waals surface area contributed by atoms with E-state index in [-0.39, 0.29) is 5.56 Å². The molecule has 1 saturated heterocycles. The van der Waals surface area contributed by atoms with E-state index >= 15 is 0 Å². The van der Waals surface area contributed by atoms with Crippen LogP contribution in [-0.4, -0.2) is 34.6 Å². The summed E-state index contributed by atoms with van der Waals surface area (Å²) in [6, 6.07) is 20.2. The van der Waals surface area contributed by atoms with Crippen molar-refractivity contribution in [1.82, 2.24) is 25.6 Å². The molecule has 3 N–H and O–H groups in total. The average Bonchev–Trinajstić information content (AvgIpc) is 2.91. The summed E-state index contributed by atoms with van der Waals surface area (Å²) in [5.74, 6) is 1.89. The maximum atomic E-state index is 12.8. The summed E-state index contributed by atoms with van der Waals surface area (Å²) < 4.78 is 6.14. The van der Waals surface area contributed by atoms with Crippen LogP contribution in [0.2, 0.25) is 0 Å². The largest absolute Gasteiger partial charge is 0.483 e. The molecule has 36 heavy (non-hydrogen) atoms. The maximum absolute atomic E-state index is 12.8. The zero-order valence-electron chi connectivity index (χ0n) is 20.7. The first-order chi connectivity index (χ1) is 17.7. The molecule has 7 nitrogen and oxygen atoms in total. The number of rotatable bonds is 9. The lowest BCUT2D eigenvalue weighted by molar-refractivity contribution is 0.216. The zero-order valence-corrected chi connectivity index (χ0v) is 20.7. The fraction of sp³-hybridized carbons (Fsp3) is 0.345. The monoisotopic (exact) mass is 483 g/mol. The normalized spacial score (nSPS) is 15.1. The van der Waals surface area contributed by atoms with E-state index < -0.39 is 6.10 Å². The first kappa shape index (κ1) is 24.2. The highest BCUT2D eigenvalue weighted by molar-refractivity contribution is 5.79. The number of aromatic amines is 1. The third-order valence-corrected chi connectivity index (χ3v) is 6.78. The molecule has 0 saturated carbocycles. The topological polar surface area (TPSA) is 91.9 Å². The van der Waals surface area contributed by atoms with Crippen molar-refractivity contribution in [2.45, 2.75) is 38.8 Å². The summed E-state index contributed by atoms with van der Waals surface area (Å²) in [4.78, 5) is 25.1. The molecule has 1 atom stereocenters. The number of ether oxygens (including phenoxy) is 1. The lowest BCUT2D eigenvalue weighted by Crippen LogP contribution is -2.33. The SMILES string of the molecule is CC(Oc1ccc(Cc2ccccc2)cc1)c1nc2c(CNCC3CCNCC3)nccc2c(=O)[nH]1. The van der Waals surface area contributed by atoms with E-state index in [2.05, 4.69) is 57.0 Å². The van der Waals surface area contributed by atoms with Gasteiger partial charge >= 0.3 is 0 Å². The highest BCUT2D eigenvalue weighted by Crippen LogP contribution is 2.22. The molecule has 0 amide bonds.